The molecule has 2 heterocycles. The molecule has 2 aliphatic rings. The minimum Gasteiger partial charge on any atom is -0.382 e. The molecule has 0 aromatic rings. The fourth-order valence-corrected chi connectivity index (χ4v) is 3.25. The lowest BCUT2D eigenvalue weighted by Gasteiger charge is -2.40. The van der Waals surface area contributed by atoms with Gasteiger partial charge < -0.3 is 23.3 Å². The van der Waals surface area contributed by atoms with Gasteiger partial charge in [0.15, 0.2) is 0 Å². The van der Waals surface area contributed by atoms with Crippen molar-refractivity contribution in [1.82, 2.24) is 0 Å². The first-order valence-electron chi connectivity index (χ1n) is 5.52. The molecule has 2 rings (SSSR count). The molecule has 17 heavy (non-hydrogen) atoms. The molecule has 2 fully saturated rings. The van der Waals surface area contributed by atoms with Crippen molar-refractivity contribution in [3.05, 3.63) is 6.66 Å². The molecule has 0 aromatic heterocycles. The van der Waals surface area contributed by atoms with Crippen LogP contribution in [0.25, 0.3) is 0 Å². The van der Waals surface area contributed by atoms with Crippen LogP contribution in [-0.2, 0) is 23.3 Å². The van der Waals surface area contributed by atoms with Crippen LogP contribution < -0.4 is 0 Å². The minimum absolute atomic E-state index is 0.339. The van der Waals surface area contributed by atoms with Gasteiger partial charge in [0.2, 0.25) is 0 Å². The van der Waals surface area contributed by atoms with Crippen LogP contribution in [0.1, 0.15) is 6.42 Å². The summed E-state index contributed by atoms with van der Waals surface area (Å²) in [4.78, 5) is 0. The molecule has 0 aromatic carbocycles. The highest BCUT2D eigenvalue weighted by Crippen LogP contribution is 2.50. The Morgan fingerprint density at radius 2 is 2.35 bits per heavy atom. The lowest BCUT2D eigenvalue weighted by Crippen LogP contribution is -2.52. The molecule has 0 N–H and O–H groups in total. The van der Waals surface area contributed by atoms with E-state index in [1.54, 1.807) is 7.11 Å². The topological polar surface area (TPSA) is 54.0 Å². The summed E-state index contributed by atoms with van der Waals surface area (Å²) in [6.45, 7) is 5.86. The number of ether oxygens (including phenoxy) is 3. The third-order valence-electron chi connectivity index (χ3n) is 3.07. The Morgan fingerprint density at radius 1 is 1.65 bits per heavy atom. The van der Waals surface area contributed by atoms with Gasteiger partial charge in [-0.3, -0.25) is 6.66 Å². The van der Waals surface area contributed by atoms with E-state index in [-0.39, 0.29) is 0 Å². The molecule has 0 aliphatic carbocycles. The van der Waals surface area contributed by atoms with Gasteiger partial charge in [-0.1, -0.05) is 0 Å². The van der Waals surface area contributed by atoms with E-state index in [1.165, 1.54) is 6.66 Å². The number of methoxy groups -OCH3 is 1. The summed E-state index contributed by atoms with van der Waals surface area (Å²) in [6, 6.07) is -0.579. The second-order valence-corrected chi connectivity index (χ2v) is 6.94. The van der Waals surface area contributed by atoms with E-state index in [4.69, 9.17) is 26.6 Å². The van der Waals surface area contributed by atoms with E-state index >= 15 is 0 Å². The Bertz CT molecular complexity index is 329. The molecule has 2 radical (unpaired) electrons. The van der Waals surface area contributed by atoms with Gasteiger partial charge >= 0.3 is 0 Å². The summed E-state index contributed by atoms with van der Waals surface area (Å²) in [5, 5.41) is 0. The zero-order valence-corrected chi connectivity index (χ0v) is 11.0. The van der Waals surface area contributed by atoms with Crippen molar-refractivity contribution in [2.75, 3.05) is 27.0 Å². The predicted molar refractivity (Wildman–Crippen MR) is 63.4 cm³/mol. The van der Waals surface area contributed by atoms with Crippen LogP contribution in [0, 0.1) is 6.66 Å². The van der Waals surface area contributed by atoms with E-state index in [0.29, 0.717) is 19.6 Å². The highest BCUT2D eigenvalue weighted by atomic mass is 31.2. The highest BCUT2D eigenvalue weighted by Gasteiger charge is 2.57. The Hall–Kier alpha value is 0.135. The van der Waals surface area contributed by atoms with E-state index < -0.39 is 31.2 Å². The summed E-state index contributed by atoms with van der Waals surface area (Å²) in [5.41, 5.74) is -0.666. The van der Waals surface area contributed by atoms with Gasteiger partial charge in [0, 0.05) is 19.5 Å². The Labute approximate surface area is 103 Å². The van der Waals surface area contributed by atoms with Crippen LogP contribution in [0.4, 0.5) is 0 Å². The molecule has 5 nitrogen and oxygen atoms in total. The van der Waals surface area contributed by atoms with Gasteiger partial charge in [-0.15, -0.1) is 0 Å². The van der Waals surface area contributed by atoms with Crippen molar-refractivity contribution >= 4 is 15.2 Å². The van der Waals surface area contributed by atoms with Crippen LogP contribution in [-0.4, -0.2) is 58.6 Å². The Balaban J connectivity index is 2.24. The molecule has 0 spiro atoms. The number of rotatable bonds is 4. The van der Waals surface area contributed by atoms with E-state index in [9.17, 15) is 4.57 Å². The first kappa shape index (κ1) is 13.6. The maximum absolute atomic E-state index is 11.7. The van der Waals surface area contributed by atoms with Crippen molar-refractivity contribution in [2.24, 2.45) is 0 Å². The molecule has 0 amide bonds. The van der Waals surface area contributed by atoms with Crippen LogP contribution in [0.15, 0.2) is 0 Å². The fraction of sp³-hybridized carbons (Fsp3) is 0.900. The SMILES string of the molecule is [B][C@@H]1O[C@@]2(COC)CCO[C@H]1C2OP([CH2-])(C)=O. The average Bonchev–Trinajstić information content (AvgIpc) is 2.35. The van der Waals surface area contributed by atoms with Gasteiger partial charge in [0.25, 0.3) is 0 Å². The van der Waals surface area contributed by atoms with E-state index in [1.807, 2.05) is 0 Å². The molecule has 0 saturated carbocycles. The Morgan fingerprint density at radius 3 is 2.94 bits per heavy atom. The minimum atomic E-state index is -2.88. The molecular weight excluding hydrogens is 242 g/mol. The molecule has 2 unspecified atom stereocenters. The van der Waals surface area contributed by atoms with Crippen LogP contribution in [0.5, 0.6) is 0 Å². The lowest BCUT2D eigenvalue weighted by molar-refractivity contribution is -0.133. The van der Waals surface area contributed by atoms with Crippen LogP contribution in [0.2, 0.25) is 0 Å². The quantitative estimate of drug-likeness (QED) is 0.424. The molecule has 2 bridgehead atoms. The van der Waals surface area contributed by atoms with Gasteiger partial charge in [-0.05, 0) is 6.66 Å². The molecule has 7 heteroatoms. The highest BCUT2D eigenvalue weighted by molar-refractivity contribution is 7.59. The van der Waals surface area contributed by atoms with Gasteiger partial charge in [0.1, 0.15) is 25.7 Å². The zero-order valence-electron chi connectivity index (χ0n) is 10.1. The summed E-state index contributed by atoms with van der Waals surface area (Å²) in [5.74, 6) is 0. The fourth-order valence-electron chi connectivity index (χ4n) is 2.46. The van der Waals surface area contributed by atoms with Crippen molar-refractivity contribution in [2.45, 2.75) is 30.2 Å². The summed E-state index contributed by atoms with van der Waals surface area (Å²) in [7, 11) is 4.55. The molecular formula is C10H17BO5P-. The van der Waals surface area contributed by atoms with Crippen molar-refractivity contribution < 1.29 is 23.3 Å². The number of hydrogen-bond acceptors (Lipinski definition) is 5. The first-order chi connectivity index (χ1) is 7.88. The Kier molecular flexibility index (Phi) is 3.73. The second-order valence-electron chi connectivity index (χ2n) is 4.71. The van der Waals surface area contributed by atoms with Crippen LogP contribution in [0.3, 0.4) is 0 Å². The largest absolute Gasteiger partial charge is 0.382 e. The standard InChI is InChI=1S/C10H17BO5P/c1-13-6-10-4-5-14-7(9(11)15-10)8(10)16-17(2,3)12/h7-9H,2,4-6H2,1,3H3/q-1/t7-,8?,9+,10+,17?/m0/s1. The zero-order chi connectivity index (χ0) is 12.7. The first-order valence-corrected chi connectivity index (χ1v) is 7.78. The maximum Gasteiger partial charge on any atom is 0.122 e. The monoisotopic (exact) mass is 259 g/mol. The number of fused-ring (bicyclic) bond motifs is 2. The van der Waals surface area contributed by atoms with Crippen LogP contribution >= 0.6 is 7.37 Å². The second kappa shape index (κ2) is 4.67. The van der Waals surface area contributed by atoms with Gasteiger partial charge in [0.05, 0.1) is 20.6 Å². The lowest BCUT2D eigenvalue weighted by atomic mass is 9.86. The normalized spacial score (nSPS) is 44.5. The summed E-state index contributed by atoms with van der Waals surface area (Å²) >= 11 is 0. The van der Waals surface area contributed by atoms with Crippen molar-refractivity contribution in [3.63, 3.8) is 0 Å². The smallest absolute Gasteiger partial charge is 0.122 e. The van der Waals surface area contributed by atoms with E-state index in [2.05, 4.69) is 6.66 Å². The van der Waals surface area contributed by atoms with Crippen molar-refractivity contribution in [3.8, 4) is 0 Å². The summed E-state index contributed by atoms with van der Waals surface area (Å²) in [6.07, 6.45) is -0.288. The predicted octanol–water partition coefficient (Wildman–Crippen LogP) is 0.770. The third-order valence-corrected chi connectivity index (χ3v) is 3.75. The molecule has 5 atom stereocenters. The third kappa shape index (κ3) is 2.61. The molecule has 96 valence electrons. The summed E-state index contributed by atoms with van der Waals surface area (Å²) < 4.78 is 33.7. The maximum atomic E-state index is 11.7. The number of hydrogen-bond donors (Lipinski definition) is 0. The van der Waals surface area contributed by atoms with Crippen molar-refractivity contribution in [1.29, 1.82) is 0 Å². The average molecular weight is 259 g/mol. The molecule has 2 aliphatic heterocycles. The van der Waals surface area contributed by atoms with Gasteiger partial charge in [-0.2, -0.15) is 0 Å². The van der Waals surface area contributed by atoms with Gasteiger partial charge in [-0.25, -0.2) is 0 Å². The molecule has 2 saturated heterocycles. The van der Waals surface area contributed by atoms with E-state index in [0.717, 1.165) is 0 Å².